The van der Waals surface area contributed by atoms with Gasteiger partial charge in [-0.25, -0.2) is 14.8 Å². The molecule has 0 fully saturated rings. The number of rotatable bonds is 3. The Hall–Kier alpha value is -3.98. The average Bonchev–Trinajstić information content (AvgIpc) is 3.18. The molecule has 0 aliphatic rings. The van der Waals surface area contributed by atoms with Crippen molar-refractivity contribution in [3.63, 3.8) is 0 Å². The molecule has 2 aromatic carbocycles. The van der Waals surface area contributed by atoms with Crippen molar-refractivity contribution < 1.29 is 9.53 Å². The molecule has 2 heterocycles. The van der Waals surface area contributed by atoms with Crippen molar-refractivity contribution in [1.29, 1.82) is 5.26 Å². The first kappa shape index (κ1) is 16.5. The van der Waals surface area contributed by atoms with Crippen LogP contribution in [0, 0.1) is 11.3 Å². The second kappa shape index (κ2) is 6.73. The Kier molecular flexibility index (Phi) is 4.11. The van der Waals surface area contributed by atoms with Gasteiger partial charge in [-0.1, -0.05) is 24.3 Å². The van der Waals surface area contributed by atoms with E-state index in [1.54, 1.807) is 30.5 Å². The molecule has 0 aliphatic carbocycles. The van der Waals surface area contributed by atoms with E-state index in [0.717, 1.165) is 22.2 Å². The molecular weight excluding hydrogens is 340 g/mol. The van der Waals surface area contributed by atoms with Crippen LogP contribution in [-0.4, -0.2) is 28.0 Å². The molecule has 6 heteroatoms. The highest BCUT2D eigenvalue weighted by Crippen LogP contribution is 2.28. The van der Waals surface area contributed by atoms with Gasteiger partial charge in [0.15, 0.2) is 5.65 Å². The molecule has 27 heavy (non-hydrogen) atoms. The van der Waals surface area contributed by atoms with Gasteiger partial charge in [-0.15, -0.1) is 0 Å². The molecule has 4 rings (SSSR count). The van der Waals surface area contributed by atoms with Gasteiger partial charge >= 0.3 is 5.97 Å². The molecule has 6 nitrogen and oxygen atoms in total. The van der Waals surface area contributed by atoms with Gasteiger partial charge in [0, 0.05) is 17.3 Å². The Balaban J connectivity index is 1.76. The number of aromatic amines is 1. The number of ether oxygens (including phenoxy) is 1. The van der Waals surface area contributed by atoms with Gasteiger partial charge in [-0.05, 0) is 35.9 Å². The highest BCUT2D eigenvalue weighted by molar-refractivity contribution is 5.92. The van der Waals surface area contributed by atoms with Gasteiger partial charge in [0.1, 0.15) is 11.3 Å². The van der Waals surface area contributed by atoms with E-state index in [-0.39, 0.29) is 5.97 Å². The quantitative estimate of drug-likeness (QED) is 0.562. The summed E-state index contributed by atoms with van der Waals surface area (Å²) in [6.07, 6.45) is 1.72. The summed E-state index contributed by atoms with van der Waals surface area (Å²) in [6.45, 7) is 0. The van der Waals surface area contributed by atoms with Crippen LogP contribution in [0.4, 0.5) is 0 Å². The van der Waals surface area contributed by atoms with Crippen molar-refractivity contribution in [2.75, 3.05) is 7.11 Å². The number of esters is 1. The minimum absolute atomic E-state index is 0.379. The van der Waals surface area contributed by atoms with Gasteiger partial charge in [-0.3, -0.25) is 0 Å². The number of aromatic nitrogens is 3. The number of pyridine rings is 1. The smallest absolute Gasteiger partial charge is 0.337 e. The first-order chi connectivity index (χ1) is 13.2. The van der Waals surface area contributed by atoms with E-state index >= 15 is 0 Å². The molecule has 0 atom stereocenters. The minimum Gasteiger partial charge on any atom is -0.465 e. The van der Waals surface area contributed by atoms with Crippen LogP contribution < -0.4 is 0 Å². The molecule has 0 spiro atoms. The number of hydrogen-bond donors (Lipinski definition) is 1. The zero-order valence-electron chi connectivity index (χ0n) is 14.4. The van der Waals surface area contributed by atoms with E-state index in [9.17, 15) is 4.79 Å². The number of carbonyl (C=O) groups excluding carboxylic acids is 1. The van der Waals surface area contributed by atoms with Crippen LogP contribution in [0.2, 0.25) is 0 Å². The summed E-state index contributed by atoms with van der Waals surface area (Å²) in [5.74, 6) is 0.283. The first-order valence-corrected chi connectivity index (χ1v) is 8.23. The van der Waals surface area contributed by atoms with Crippen LogP contribution >= 0.6 is 0 Å². The van der Waals surface area contributed by atoms with Crippen LogP contribution in [0.25, 0.3) is 33.7 Å². The summed E-state index contributed by atoms with van der Waals surface area (Å²) in [5.41, 5.74) is 5.23. The number of H-pyrrole nitrogens is 1. The lowest BCUT2D eigenvalue weighted by atomic mass is 10.0. The standard InChI is InChI=1S/C21H14N4O2/c1-27-21(26)16-8-6-15(7-9-16)19-24-18-17(10-11-23-20(18)25-19)14-4-2-13(12-22)3-5-14/h2-11H,1H3,(H,23,24,25). The van der Waals surface area contributed by atoms with Crippen LogP contribution in [0.3, 0.4) is 0 Å². The Morgan fingerprint density at radius 1 is 1.04 bits per heavy atom. The van der Waals surface area contributed by atoms with Crippen molar-refractivity contribution in [3.05, 3.63) is 71.9 Å². The maximum Gasteiger partial charge on any atom is 0.337 e. The lowest BCUT2D eigenvalue weighted by molar-refractivity contribution is 0.0601. The van der Waals surface area contributed by atoms with Gasteiger partial charge in [0.25, 0.3) is 0 Å². The van der Waals surface area contributed by atoms with Crippen molar-refractivity contribution in [2.24, 2.45) is 0 Å². The molecule has 4 aromatic rings. The number of fused-ring (bicyclic) bond motifs is 1. The third-order valence-electron chi connectivity index (χ3n) is 4.29. The number of benzene rings is 2. The summed E-state index contributed by atoms with van der Waals surface area (Å²) < 4.78 is 4.72. The van der Waals surface area contributed by atoms with E-state index in [2.05, 4.69) is 16.0 Å². The maximum atomic E-state index is 11.6. The lowest BCUT2D eigenvalue weighted by Gasteiger charge is -2.02. The highest BCUT2D eigenvalue weighted by atomic mass is 16.5. The van der Waals surface area contributed by atoms with Crippen LogP contribution in [0.1, 0.15) is 15.9 Å². The highest BCUT2D eigenvalue weighted by Gasteiger charge is 2.12. The van der Waals surface area contributed by atoms with E-state index in [4.69, 9.17) is 15.0 Å². The van der Waals surface area contributed by atoms with E-state index < -0.39 is 0 Å². The third kappa shape index (κ3) is 3.02. The predicted molar refractivity (Wildman–Crippen MR) is 101 cm³/mol. The van der Waals surface area contributed by atoms with Gasteiger partial charge in [0.05, 0.1) is 24.3 Å². The van der Waals surface area contributed by atoms with Crippen LogP contribution in [-0.2, 0) is 4.74 Å². The summed E-state index contributed by atoms with van der Waals surface area (Å²) in [4.78, 5) is 23.8. The third-order valence-corrected chi connectivity index (χ3v) is 4.29. The zero-order valence-corrected chi connectivity index (χ0v) is 14.4. The Morgan fingerprint density at radius 3 is 2.41 bits per heavy atom. The molecule has 0 amide bonds. The molecular formula is C21H14N4O2. The molecule has 0 aliphatic heterocycles. The molecule has 0 unspecified atom stereocenters. The summed E-state index contributed by atoms with van der Waals surface area (Å²) >= 11 is 0. The normalized spacial score (nSPS) is 10.5. The fourth-order valence-electron chi connectivity index (χ4n) is 2.89. The maximum absolute atomic E-state index is 11.6. The lowest BCUT2D eigenvalue weighted by Crippen LogP contribution is -2.00. The first-order valence-electron chi connectivity index (χ1n) is 8.23. The van der Waals surface area contributed by atoms with E-state index in [1.165, 1.54) is 7.11 Å². The number of hydrogen-bond acceptors (Lipinski definition) is 5. The molecule has 130 valence electrons. The Labute approximate surface area is 155 Å². The van der Waals surface area contributed by atoms with Crippen LogP contribution in [0.15, 0.2) is 60.8 Å². The van der Waals surface area contributed by atoms with Crippen molar-refractivity contribution >= 4 is 17.1 Å². The second-order valence-electron chi connectivity index (χ2n) is 5.90. The molecule has 1 N–H and O–H groups in total. The van der Waals surface area contributed by atoms with E-state index in [1.807, 2.05) is 30.3 Å². The minimum atomic E-state index is -0.379. The van der Waals surface area contributed by atoms with Gasteiger partial charge in [0.2, 0.25) is 0 Å². The van der Waals surface area contributed by atoms with Gasteiger partial charge in [-0.2, -0.15) is 5.26 Å². The summed E-state index contributed by atoms with van der Waals surface area (Å²) in [6, 6.07) is 18.4. The number of nitrogens with zero attached hydrogens (tertiary/aromatic N) is 3. The fraction of sp³-hybridized carbons (Fsp3) is 0.0476. The molecule has 0 saturated carbocycles. The summed E-state index contributed by atoms with van der Waals surface area (Å²) in [7, 11) is 1.35. The van der Waals surface area contributed by atoms with Crippen molar-refractivity contribution in [3.8, 4) is 28.6 Å². The second-order valence-corrected chi connectivity index (χ2v) is 5.90. The largest absolute Gasteiger partial charge is 0.465 e. The topological polar surface area (TPSA) is 91.7 Å². The van der Waals surface area contributed by atoms with Crippen LogP contribution in [0.5, 0.6) is 0 Å². The van der Waals surface area contributed by atoms with E-state index in [0.29, 0.717) is 22.6 Å². The molecule has 2 aromatic heterocycles. The molecule has 0 saturated heterocycles. The van der Waals surface area contributed by atoms with Gasteiger partial charge < -0.3 is 9.72 Å². The number of nitrogens with one attached hydrogen (secondary N) is 1. The Morgan fingerprint density at radius 2 is 1.74 bits per heavy atom. The monoisotopic (exact) mass is 354 g/mol. The van der Waals surface area contributed by atoms with Crippen molar-refractivity contribution in [1.82, 2.24) is 15.0 Å². The average molecular weight is 354 g/mol. The number of imidazole rings is 1. The van der Waals surface area contributed by atoms with Crippen molar-refractivity contribution in [2.45, 2.75) is 0 Å². The zero-order chi connectivity index (χ0) is 18.8. The molecule has 0 bridgehead atoms. The Bertz CT molecular complexity index is 1170. The number of methoxy groups -OCH3 is 1. The SMILES string of the molecule is COC(=O)c1ccc(-c2nc3c(-c4ccc(C#N)cc4)ccnc3[nH]2)cc1. The molecule has 0 radical (unpaired) electrons. The number of carbonyl (C=O) groups is 1. The predicted octanol–water partition coefficient (Wildman–Crippen LogP) is 3.95. The summed E-state index contributed by atoms with van der Waals surface area (Å²) in [5, 5.41) is 8.96. The number of nitriles is 1. The fourth-order valence-corrected chi connectivity index (χ4v) is 2.89.